The van der Waals surface area contributed by atoms with Crippen molar-refractivity contribution in [3.8, 4) is 45.5 Å². The summed E-state index contributed by atoms with van der Waals surface area (Å²) < 4.78 is 11.0. The van der Waals surface area contributed by atoms with Crippen LogP contribution in [0.3, 0.4) is 0 Å². The zero-order valence-corrected chi connectivity index (χ0v) is 17.4. The fourth-order valence-corrected chi connectivity index (χ4v) is 3.31. The lowest BCUT2D eigenvalue weighted by atomic mass is 10.0. The Labute approximate surface area is 184 Å². The van der Waals surface area contributed by atoms with Crippen molar-refractivity contribution in [2.24, 2.45) is 11.5 Å². The number of ether oxygens (including phenoxy) is 1. The third-order valence-corrected chi connectivity index (χ3v) is 5.08. The maximum atomic E-state index is 11.1. The van der Waals surface area contributed by atoms with Gasteiger partial charge in [-0.2, -0.15) is 4.98 Å². The molecule has 1 aromatic heterocycles. The van der Waals surface area contributed by atoms with Crippen LogP contribution >= 0.6 is 0 Å². The van der Waals surface area contributed by atoms with Gasteiger partial charge in [0.15, 0.2) is 0 Å². The lowest BCUT2D eigenvalue weighted by Crippen LogP contribution is -2.38. The molecule has 0 bridgehead atoms. The van der Waals surface area contributed by atoms with Crippen LogP contribution in [0.15, 0.2) is 71.3 Å². The second kappa shape index (κ2) is 8.91. The predicted octanol–water partition coefficient (Wildman–Crippen LogP) is 3.14. The van der Waals surface area contributed by atoms with E-state index < -0.39 is 11.9 Å². The zero-order valence-electron chi connectivity index (χ0n) is 17.4. The number of primary amides is 1. The van der Waals surface area contributed by atoms with Crippen molar-refractivity contribution < 1.29 is 19.2 Å². The highest BCUT2D eigenvalue weighted by Crippen LogP contribution is 2.35. The third-order valence-electron chi connectivity index (χ3n) is 5.08. The second-order valence-corrected chi connectivity index (χ2v) is 7.29. The molecule has 0 saturated carbocycles. The number of rotatable bonds is 7. The SMILES string of the molecule is COc1ccc(-c2nc(-c3ccc(C[C@H](N)C(N)=O)cc3)no2)cc1-c1ccc(O)cc1. The molecule has 1 amide bonds. The van der Waals surface area contributed by atoms with E-state index in [2.05, 4.69) is 10.1 Å². The molecule has 1 heterocycles. The number of nitrogens with zero attached hydrogens (tertiary/aromatic N) is 2. The number of phenols is 1. The quantitative estimate of drug-likeness (QED) is 0.409. The molecule has 0 unspecified atom stereocenters. The number of nitrogens with two attached hydrogens (primary N) is 2. The van der Waals surface area contributed by atoms with Crippen LogP contribution in [0.25, 0.3) is 34.0 Å². The fourth-order valence-electron chi connectivity index (χ4n) is 3.31. The summed E-state index contributed by atoms with van der Waals surface area (Å²) in [5.74, 6) is 1.13. The molecule has 4 aromatic rings. The summed E-state index contributed by atoms with van der Waals surface area (Å²) in [7, 11) is 1.60. The van der Waals surface area contributed by atoms with Gasteiger partial charge in [-0.15, -0.1) is 0 Å². The third kappa shape index (κ3) is 4.45. The molecule has 0 saturated heterocycles. The summed E-state index contributed by atoms with van der Waals surface area (Å²) in [6.45, 7) is 0. The topological polar surface area (TPSA) is 137 Å². The fraction of sp³-hybridized carbons (Fsp3) is 0.125. The van der Waals surface area contributed by atoms with E-state index >= 15 is 0 Å². The van der Waals surface area contributed by atoms with Gasteiger partial charge >= 0.3 is 0 Å². The summed E-state index contributed by atoms with van der Waals surface area (Å²) in [4.78, 5) is 15.7. The van der Waals surface area contributed by atoms with Crippen LogP contribution in [0, 0.1) is 0 Å². The van der Waals surface area contributed by atoms with Crippen LogP contribution in [0.4, 0.5) is 0 Å². The Morgan fingerprint density at radius 1 is 1.03 bits per heavy atom. The molecule has 1 atom stereocenters. The van der Waals surface area contributed by atoms with Gasteiger partial charge in [0.2, 0.25) is 11.7 Å². The van der Waals surface area contributed by atoms with Gasteiger partial charge < -0.3 is 25.8 Å². The molecule has 8 nitrogen and oxygen atoms in total. The number of methoxy groups -OCH3 is 1. The molecule has 0 radical (unpaired) electrons. The summed E-state index contributed by atoms with van der Waals surface area (Å²) in [5.41, 5.74) is 15.0. The number of phenolic OH excluding ortho intramolecular Hbond substituents is 1. The molecule has 5 N–H and O–H groups in total. The first-order chi connectivity index (χ1) is 15.4. The van der Waals surface area contributed by atoms with Crippen LogP contribution < -0.4 is 16.2 Å². The average Bonchev–Trinajstić information content (AvgIpc) is 3.30. The Bertz CT molecular complexity index is 1230. The molecule has 4 rings (SSSR count). The normalized spacial score (nSPS) is 11.8. The zero-order chi connectivity index (χ0) is 22.7. The van der Waals surface area contributed by atoms with E-state index in [-0.39, 0.29) is 5.75 Å². The van der Waals surface area contributed by atoms with Crippen molar-refractivity contribution in [1.29, 1.82) is 0 Å². The first kappa shape index (κ1) is 21.1. The lowest BCUT2D eigenvalue weighted by Gasteiger charge is -2.10. The first-order valence-electron chi connectivity index (χ1n) is 9.90. The predicted molar refractivity (Wildman–Crippen MR) is 120 cm³/mol. The van der Waals surface area contributed by atoms with E-state index in [1.807, 2.05) is 54.6 Å². The minimum Gasteiger partial charge on any atom is -0.508 e. The number of benzene rings is 3. The van der Waals surface area contributed by atoms with Gasteiger partial charge in [-0.3, -0.25) is 4.79 Å². The molecule has 8 heteroatoms. The van der Waals surface area contributed by atoms with Gasteiger partial charge in [0.25, 0.3) is 5.89 Å². The number of hydrogen-bond donors (Lipinski definition) is 3. The summed E-state index contributed by atoms with van der Waals surface area (Å²) in [5, 5.41) is 13.7. The number of amides is 1. The number of carbonyl (C=O) groups is 1. The van der Waals surface area contributed by atoms with Crippen molar-refractivity contribution in [2.45, 2.75) is 12.5 Å². The number of carbonyl (C=O) groups excluding carboxylic acids is 1. The Kier molecular flexibility index (Phi) is 5.87. The van der Waals surface area contributed by atoms with Crippen molar-refractivity contribution in [3.63, 3.8) is 0 Å². The maximum absolute atomic E-state index is 11.1. The summed E-state index contributed by atoms with van der Waals surface area (Å²) in [6, 6.07) is 19.1. The highest BCUT2D eigenvalue weighted by molar-refractivity contribution is 5.80. The summed E-state index contributed by atoms with van der Waals surface area (Å²) >= 11 is 0. The molecule has 3 aromatic carbocycles. The lowest BCUT2D eigenvalue weighted by molar-refractivity contribution is -0.119. The standard InChI is InChI=1S/C24H22N4O4/c1-31-21-11-8-17(13-19(21)15-6-9-18(29)10-7-15)24-27-23(28-32-24)16-4-2-14(3-5-16)12-20(25)22(26)30/h2-11,13,20,29H,12,25H2,1H3,(H2,26,30)/t20-/m0/s1. The number of aromatic hydroxyl groups is 1. The van der Waals surface area contributed by atoms with Crippen LogP contribution in [0.2, 0.25) is 0 Å². The van der Waals surface area contributed by atoms with Crippen LogP contribution in [0.5, 0.6) is 11.5 Å². The molecule has 32 heavy (non-hydrogen) atoms. The van der Waals surface area contributed by atoms with Crippen molar-refractivity contribution in [3.05, 3.63) is 72.3 Å². The highest BCUT2D eigenvalue weighted by Gasteiger charge is 2.15. The maximum Gasteiger partial charge on any atom is 0.258 e. The van der Waals surface area contributed by atoms with E-state index in [4.69, 9.17) is 20.7 Å². The van der Waals surface area contributed by atoms with E-state index in [0.717, 1.165) is 27.8 Å². The van der Waals surface area contributed by atoms with Crippen LogP contribution in [0.1, 0.15) is 5.56 Å². The molecular formula is C24H22N4O4. The number of hydrogen-bond acceptors (Lipinski definition) is 7. The van der Waals surface area contributed by atoms with Crippen LogP contribution in [-0.4, -0.2) is 34.3 Å². The molecular weight excluding hydrogens is 408 g/mol. The van der Waals surface area contributed by atoms with Crippen molar-refractivity contribution in [1.82, 2.24) is 10.1 Å². The molecule has 0 aliphatic rings. The van der Waals surface area contributed by atoms with Crippen LogP contribution in [-0.2, 0) is 11.2 Å². The Hall–Kier alpha value is -4.17. The second-order valence-electron chi connectivity index (χ2n) is 7.29. The molecule has 0 spiro atoms. The smallest absolute Gasteiger partial charge is 0.258 e. The van der Waals surface area contributed by atoms with Gasteiger partial charge in [-0.1, -0.05) is 41.6 Å². The Balaban J connectivity index is 1.60. The largest absolute Gasteiger partial charge is 0.508 e. The summed E-state index contributed by atoms with van der Waals surface area (Å²) in [6.07, 6.45) is 0.360. The van der Waals surface area contributed by atoms with Crippen molar-refractivity contribution >= 4 is 5.91 Å². The molecule has 162 valence electrons. The Morgan fingerprint density at radius 2 is 1.69 bits per heavy atom. The van der Waals surface area contributed by atoms with Gasteiger partial charge in [-0.05, 0) is 47.9 Å². The van der Waals surface area contributed by atoms with E-state index in [0.29, 0.717) is 23.9 Å². The van der Waals surface area contributed by atoms with Crippen molar-refractivity contribution in [2.75, 3.05) is 7.11 Å². The Morgan fingerprint density at radius 3 is 2.34 bits per heavy atom. The molecule has 0 aliphatic heterocycles. The molecule has 0 fully saturated rings. The number of aromatic nitrogens is 2. The van der Waals surface area contributed by atoms with E-state index in [9.17, 15) is 9.90 Å². The van der Waals surface area contributed by atoms with Gasteiger partial charge in [-0.25, -0.2) is 0 Å². The van der Waals surface area contributed by atoms with Gasteiger partial charge in [0.05, 0.1) is 13.2 Å². The molecule has 0 aliphatic carbocycles. The highest BCUT2D eigenvalue weighted by atomic mass is 16.5. The first-order valence-corrected chi connectivity index (χ1v) is 9.90. The van der Waals surface area contributed by atoms with E-state index in [1.54, 1.807) is 19.2 Å². The average molecular weight is 430 g/mol. The van der Waals surface area contributed by atoms with Gasteiger partial charge in [0.1, 0.15) is 11.5 Å². The monoisotopic (exact) mass is 430 g/mol. The minimum atomic E-state index is -0.726. The minimum absolute atomic E-state index is 0.188. The van der Waals surface area contributed by atoms with E-state index in [1.165, 1.54) is 0 Å². The van der Waals surface area contributed by atoms with Gasteiger partial charge in [0, 0.05) is 16.7 Å².